The molecule has 0 aromatic carbocycles. The van der Waals surface area contributed by atoms with Crippen molar-refractivity contribution < 1.29 is 9.47 Å². The van der Waals surface area contributed by atoms with Crippen molar-refractivity contribution in [2.75, 3.05) is 14.2 Å². The molecular weight excluding hydrogens is 206 g/mol. The van der Waals surface area contributed by atoms with Gasteiger partial charge in [-0.05, 0) is 12.3 Å². The van der Waals surface area contributed by atoms with Gasteiger partial charge < -0.3 is 9.47 Å². The SMILES string of the molecule is CCCCC#Cc1nc(OC)nc(OC)n1. The number of nitrogens with zero attached hydrogens (tertiary/aromatic N) is 3. The maximum absolute atomic E-state index is 4.91. The minimum absolute atomic E-state index is 0.214. The molecule has 86 valence electrons. The number of hydrogen-bond donors (Lipinski definition) is 0. The van der Waals surface area contributed by atoms with E-state index in [1.807, 2.05) is 0 Å². The van der Waals surface area contributed by atoms with Crippen molar-refractivity contribution in [3.63, 3.8) is 0 Å². The quantitative estimate of drug-likeness (QED) is 0.568. The summed E-state index contributed by atoms with van der Waals surface area (Å²) < 4.78 is 9.83. The Bertz CT molecular complexity index is 374. The van der Waals surface area contributed by atoms with Gasteiger partial charge in [0.05, 0.1) is 14.2 Å². The molecule has 0 aliphatic carbocycles. The number of hydrogen-bond acceptors (Lipinski definition) is 5. The van der Waals surface area contributed by atoms with Gasteiger partial charge >= 0.3 is 12.0 Å². The normalized spacial score (nSPS) is 9.19. The minimum atomic E-state index is 0.214. The largest absolute Gasteiger partial charge is 0.467 e. The number of aromatic nitrogens is 3. The first kappa shape index (κ1) is 12.2. The van der Waals surface area contributed by atoms with E-state index in [1.165, 1.54) is 14.2 Å². The molecule has 1 rings (SSSR count). The summed E-state index contributed by atoms with van der Waals surface area (Å²) in [5.74, 6) is 6.22. The zero-order chi connectivity index (χ0) is 11.8. The van der Waals surface area contributed by atoms with Crippen LogP contribution in [0.2, 0.25) is 0 Å². The lowest BCUT2D eigenvalue weighted by Gasteiger charge is -2.00. The zero-order valence-electron chi connectivity index (χ0n) is 9.78. The highest BCUT2D eigenvalue weighted by Crippen LogP contribution is 2.07. The first-order valence-corrected chi connectivity index (χ1v) is 5.13. The van der Waals surface area contributed by atoms with Crippen LogP contribution in [0.5, 0.6) is 12.0 Å². The number of methoxy groups -OCH3 is 2. The van der Waals surface area contributed by atoms with E-state index in [0.29, 0.717) is 5.82 Å². The zero-order valence-corrected chi connectivity index (χ0v) is 9.78. The number of unbranched alkanes of at least 4 members (excludes halogenated alkanes) is 2. The molecular formula is C11H15N3O2. The van der Waals surface area contributed by atoms with Gasteiger partial charge in [0.15, 0.2) is 0 Å². The molecule has 1 aromatic rings. The van der Waals surface area contributed by atoms with Gasteiger partial charge in [0.1, 0.15) is 0 Å². The Kier molecular flexibility index (Phi) is 5.06. The molecule has 0 amide bonds. The van der Waals surface area contributed by atoms with Gasteiger partial charge in [-0.1, -0.05) is 19.3 Å². The van der Waals surface area contributed by atoms with Gasteiger partial charge in [-0.15, -0.1) is 4.98 Å². The second-order valence-corrected chi connectivity index (χ2v) is 3.04. The molecule has 0 spiro atoms. The topological polar surface area (TPSA) is 57.1 Å². The van der Waals surface area contributed by atoms with Crippen molar-refractivity contribution in [2.24, 2.45) is 0 Å². The summed E-state index contributed by atoms with van der Waals surface area (Å²) in [5.41, 5.74) is 0. The maximum atomic E-state index is 4.91. The van der Waals surface area contributed by atoms with E-state index < -0.39 is 0 Å². The molecule has 16 heavy (non-hydrogen) atoms. The van der Waals surface area contributed by atoms with Crippen molar-refractivity contribution in [3.05, 3.63) is 5.82 Å². The van der Waals surface area contributed by atoms with Crippen LogP contribution in [0.1, 0.15) is 32.0 Å². The molecule has 0 radical (unpaired) electrons. The summed E-state index contributed by atoms with van der Waals surface area (Å²) in [6.07, 6.45) is 3.04. The third-order valence-electron chi connectivity index (χ3n) is 1.82. The van der Waals surface area contributed by atoms with Gasteiger partial charge in [0.2, 0.25) is 5.82 Å². The van der Waals surface area contributed by atoms with Crippen LogP contribution in [0.15, 0.2) is 0 Å². The Morgan fingerprint density at radius 1 is 1.06 bits per heavy atom. The maximum Gasteiger partial charge on any atom is 0.323 e. The highest BCUT2D eigenvalue weighted by molar-refractivity contribution is 5.23. The lowest BCUT2D eigenvalue weighted by Crippen LogP contribution is -2.01. The Morgan fingerprint density at radius 2 is 1.69 bits per heavy atom. The van der Waals surface area contributed by atoms with Crippen LogP contribution < -0.4 is 9.47 Å². The molecule has 5 nitrogen and oxygen atoms in total. The van der Waals surface area contributed by atoms with Crippen molar-refractivity contribution in [2.45, 2.75) is 26.2 Å². The molecule has 0 atom stereocenters. The molecule has 1 heterocycles. The average Bonchev–Trinajstić information content (AvgIpc) is 2.34. The summed E-state index contributed by atoms with van der Waals surface area (Å²) in [6.45, 7) is 2.12. The van der Waals surface area contributed by atoms with Crippen LogP contribution in [0.3, 0.4) is 0 Å². The van der Waals surface area contributed by atoms with Crippen molar-refractivity contribution in [1.29, 1.82) is 0 Å². The van der Waals surface area contributed by atoms with Gasteiger partial charge in [0, 0.05) is 6.42 Å². The molecule has 0 aliphatic heterocycles. The summed E-state index contributed by atoms with van der Waals surface area (Å²) >= 11 is 0. The number of rotatable bonds is 4. The van der Waals surface area contributed by atoms with Crippen molar-refractivity contribution in [1.82, 2.24) is 15.0 Å². The molecule has 0 N–H and O–H groups in total. The van der Waals surface area contributed by atoms with Gasteiger partial charge in [-0.25, -0.2) is 0 Å². The molecule has 0 unspecified atom stereocenters. The predicted molar refractivity (Wildman–Crippen MR) is 59.3 cm³/mol. The monoisotopic (exact) mass is 221 g/mol. The smallest absolute Gasteiger partial charge is 0.323 e. The third kappa shape index (κ3) is 3.73. The van der Waals surface area contributed by atoms with E-state index in [0.717, 1.165) is 19.3 Å². The summed E-state index contributed by atoms with van der Waals surface area (Å²) in [4.78, 5) is 11.9. The van der Waals surface area contributed by atoms with Gasteiger partial charge in [-0.2, -0.15) is 9.97 Å². The van der Waals surface area contributed by atoms with E-state index in [2.05, 4.69) is 33.7 Å². The van der Waals surface area contributed by atoms with Crippen LogP contribution in [-0.4, -0.2) is 29.2 Å². The number of ether oxygens (including phenoxy) is 2. The Hall–Kier alpha value is -1.83. The Labute approximate surface area is 95.2 Å². The summed E-state index contributed by atoms with van der Waals surface area (Å²) in [5, 5.41) is 0. The van der Waals surface area contributed by atoms with Gasteiger partial charge in [0.25, 0.3) is 0 Å². The summed E-state index contributed by atoms with van der Waals surface area (Å²) in [7, 11) is 2.98. The molecule has 1 aromatic heterocycles. The molecule has 0 aliphatic rings. The molecule has 0 saturated carbocycles. The van der Waals surface area contributed by atoms with E-state index in [4.69, 9.17) is 9.47 Å². The Morgan fingerprint density at radius 3 is 2.19 bits per heavy atom. The van der Waals surface area contributed by atoms with Crippen LogP contribution in [0.25, 0.3) is 0 Å². The average molecular weight is 221 g/mol. The van der Waals surface area contributed by atoms with E-state index >= 15 is 0 Å². The van der Waals surface area contributed by atoms with E-state index in [-0.39, 0.29) is 12.0 Å². The standard InChI is InChI=1S/C11H15N3O2/c1-4-5-6-7-8-9-12-10(15-2)14-11(13-9)16-3/h4-6H2,1-3H3. The second-order valence-electron chi connectivity index (χ2n) is 3.04. The predicted octanol–water partition coefficient (Wildman–Crippen LogP) is 1.43. The van der Waals surface area contributed by atoms with Crippen LogP contribution in [0, 0.1) is 11.8 Å². The highest BCUT2D eigenvalue weighted by atomic mass is 16.5. The molecule has 5 heteroatoms. The fourth-order valence-electron chi connectivity index (χ4n) is 0.983. The van der Waals surface area contributed by atoms with Crippen LogP contribution >= 0.6 is 0 Å². The third-order valence-corrected chi connectivity index (χ3v) is 1.82. The van der Waals surface area contributed by atoms with Crippen molar-refractivity contribution in [3.8, 4) is 23.9 Å². The first-order valence-electron chi connectivity index (χ1n) is 5.13. The molecule has 0 bridgehead atoms. The van der Waals surface area contributed by atoms with Gasteiger partial charge in [-0.3, -0.25) is 0 Å². The van der Waals surface area contributed by atoms with E-state index in [1.54, 1.807) is 0 Å². The Balaban J connectivity index is 2.81. The molecule has 0 fully saturated rings. The highest BCUT2D eigenvalue weighted by Gasteiger charge is 2.04. The second kappa shape index (κ2) is 6.62. The minimum Gasteiger partial charge on any atom is -0.467 e. The van der Waals surface area contributed by atoms with Crippen LogP contribution in [-0.2, 0) is 0 Å². The lowest BCUT2D eigenvalue weighted by molar-refractivity contribution is 0.339. The summed E-state index contributed by atoms with van der Waals surface area (Å²) in [6, 6.07) is 0.429. The fraction of sp³-hybridized carbons (Fsp3) is 0.545. The molecule has 0 saturated heterocycles. The van der Waals surface area contributed by atoms with Crippen LogP contribution in [0.4, 0.5) is 0 Å². The van der Waals surface area contributed by atoms with E-state index in [9.17, 15) is 0 Å². The first-order chi connectivity index (χ1) is 7.80. The fourth-order valence-corrected chi connectivity index (χ4v) is 0.983. The van der Waals surface area contributed by atoms with Crippen molar-refractivity contribution >= 4 is 0 Å². The lowest BCUT2D eigenvalue weighted by atomic mass is 10.2.